The maximum absolute atomic E-state index is 14.9. The Balaban J connectivity index is 0.971. The van der Waals surface area contributed by atoms with Gasteiger partial charge in [-0.05, 0) is 80.9 Å². The lowest BCUT2D eigenvalue weighted by molar-refractivity contribution is -0.154. The Morgan fingerprint density at radius 1 is 0.342 bits per heavy atom. The normalized spacial score (nSPS) is 16.0. The van der Waals surface area contributed by atoms with Gasteiger partial charge in [-0.15, -0.1) is 11.3 Å². The second-order valence-electron chi connectivity index (χ2n) is 27.7. The number of carbonyl (C=O) groups excluding carboxylic acids is 2. The summed E-state index contributed by atoms with van der Waals surface area (Å²) in [5.74, 6) is 1.30. The van der Waals surface area contributed by atoms with Gasteiger partial charge >= 0.3 is 11.9 Å². The fourth-order valence-electron chi connectivity index (χ4n) is 14.2. The van der Waals surface area contributed by atoms with Crippen molar-refractivity contribution in [3.05, 3.63) is 394 Å². The van der Waals surface area contributed by atoms with Crippen LogP contribution in [0, 0.1) is 0 Å². The van der Waals surface area contributed by atoms with E-state index in [1.807, 2.05) is 322 Å². The lowest BCUT2D eigenvalue weighted by atomic mass is 9.77. The quantitative estimate of drug-likeness (QED) is 0.0378. The van der Waals surface area contributed by atoms with Crippen molar-refractivity contribution in [2.45, 2.75) is 107 Å². The van der Waals surface area contributed by atoms with Crippen molar-refractivity contribution in [2.75, 3.05) is 0 Å². The molecule has 0 aliphatic carbocycles. The first kappa shape index (κ1) is 75.1. The van der Waals surface area contributed by atoms with Gasteiger partial charge in [0.05, 0.1) is 26.9 Å². The smallest absolute Gasteiger partial charge is 0.303 e. The summed E-state index contributed by atoms with van der Waals surface area (Å²) in [6, 6.07) is 104. The van der Waals surface area contributed by atoms with Crippen molar-refractivity contribution in [1.82, 2.24) is 4.98 Å². The van der Waals surface area contributed by atoms with Gasteiger partial charge in [-0.25, -0.2) is 4.98 Å². The number of aromatic nitrogens is 1. The first-order valence-corrected chi connectivity index (χ1v) is 39.5. The van der Waals surface area contributed by atoms with Crippen LogP contribution in [-0.2, 0) is 71.9 Å². The number of hydrogen-bond donors (Lipinski definition) is 0. The van der Waals surface area contributed by atoms with Crippen LogP contribution >= 0.6 is 23.1 Å². The largest absolute Gasteiger partial charge is 0.489 e. The summed E-state index contributed by atoms with van der Waals surface area (Å²) < 4.78 is 87.6. The van der Waals surface area contributed by atoms with E-state index in [2.05, 4.69) is 0 Å². The van der Waals surface area contributed by atoms with E-state index in [4.69, 9.17) is 61.8 Å². The van der Waals surface area contributed by atoms with Crippen molar-refractivity contribution in [2.24, 2.45) is 0 Å². The van der Waals surface area contributed by atoms with E-state index in [1.54, 1.807) is 0 Å². The van der Waals surface area contributed by atoms with E-state index in [1.165, 1.54) is 36.9 Å². The van der Waals surface area contributed by atoms with Gasteiger partial charge in [-0.1, -0.05) is 279 Å². The van der Waals surface area contributed by atoms with Crippen LogP contribution in [0.1, 0.15) is 110 Å². The first-order chi connectivity index (χ1) is 56.1. The molecule has 13 aromatic carbocycles. The fraction of sp³-hybridized carbons (Fsp3) is 0.165. The number of nitrogens with zero attached hydrogens (tertiary/aromatic N) is 1. The van der Waals surface area contributed by atoms with Crippen molar-refractivity contribution >= 4 is 45.3 Å². The molecule has 0 amide bonds. The second-order valence-corrected chi connectivity index (χ2v) is 30.1. The third kappa shape index (κ3) is 18.3. The molecule has 114 heavy (non-hydrogen) atoms. The highest BCUT2D eigenvalue weighted by Crippen LogP contribution is 2.63. The lowest BCUT2D eigenvalue weighted by Crippen LogP contribution is -2.41. The molecule has 2 aliphatic heterocycles. The summed E-state index contributed by atoms with van der Waals surface area (Å²) in [5, 5.41) is -0.920. The summed E-state index contributed by atoms with van der Waals surface area (Å²) in [6.45, 7) is 4.01. The molecule has 6 atom stereocenters. The van der Waals surface area contributed by atoms with Crippen LogP contribution in [0.2, 0.25) is 0 Å². The van der Waals surface area contributed by atoms with Crippen LogP contribution in [-0.4, -0.2) is 29.1 Å². The van der Waals surface area contributed by atoms with E-state index in [-0.39, 0.29) is 64.4 Å². The molecule has 16 rings (SSSR count). The topological polar surface area (TPSA) is 158 Å². The Bertz CT molecular complexity index is 5520. The second kappa shape index (κ2) is 36.0. The number of carbonyl (C=O) groups is 2. The molecule has 0 radical (unpaired) electrons. The number of ether oxygens (including phenoxy) is 12. The van der Waals surface area contributed by atoms with Gasteiger partial charge < -0.3 is 56.8 Å². The van der Waals surface area contributed by atoms with Gasteiger partial charge in [0.15, 0.2) is 51.8 Å². The zero-order valence-corrected chi connectivity index (χ0v) is 64.3. The van der Waals surface area contributed by atoms with E-state index in [9.17, 15) is 9.59 Å². The maximum Gasteiger partial charge on any atom is 0.303 e. The van der Waals surface area contributed by atoms with Crippen molar-refractivity contribution < 1.29 is 66.4 Å². The summed E-state index contributed by atoms with van der Waals surface area (Å²) in [7, 11) is 0. The minimum absolute atomic E-state index is 0.0363. The monoisotopic (exact) mass is 1550 g/mol. The Morgan fingerprint density at radius 3 is 1.11 bits per heavy atom. The van der Waals surface area contributed by atoms with Crippen molar-refractivity contribution in [1.29, 1.82) is 0 Å². The fourth-order valence-corrected chi connectivity index (χ4v) is 16.7. The average molecular weight is 1550 g/mol. The third-order valence-corrected chi connectivity index (χ3v) is 22.0. The van der Waals surface area contributed by atoms with Crippen molar-refractivity contribution in [3.63, 3.8) is 0 Å². The molecule has 0 N–H and O–H groups in total. The average Bonchev–Trinajstić information content (AvgIpc) is 0.757. The zero-order valence-electron chi connectivity index (χ0n) is 62.7. The van der Waals surface area contributed by atoms with Crippen LogP contribution in [0.5, 0.6) is 57.5 Å². The van der Waals surface area contributed by atoms with Crippen molar-refractivity contribution in [3.8, 4) is 57.5 Å². The predicted octanol–water partition coefficient (Wildman–Crippen LogP) is 22.0. The summed E-state index contributed by atoms with van der Waals surface area (Å²) >= 11 is 2.93. The Morgan fingerprint density at radius 2 is 0.693 bits per heavy atom. The van der Waals surface area contributed by atoms with Crippen LogP contribution < -0.4 is 47.4 Å². The van der Waals surface area contributed by atoms with Gasteiger partial charge in [-0.3, -0.25) is 9.59 Å². The summed E-state index contributed by atoms with van der Waals surface area (Å²) in [4.78, 5) is 34.7. The standard InChI is InChI=1S/C97H81NO14S2/c1-64(99)109-94-90(87-82(106-61-71-39-21-8-22-40-71)53-76(101-56-66-29-11-3-12-30-66)54-85(87)111-91(94)74-47-49-78(102-57-67-31-13-4-14-32-67)80(51-74)104-59-69-35-17-6-18-36-69)88-83(107-62-72-41-23-9-24-42-72)55-84(108-63-73-43-25-10-26-44-73)89-93(88)112-92(95(110-65(2)100)96(89)114-97-98-77-45-27-28-46-86(77)113-97)75-48-50-79(103-58-68-33-15-5-16-34-68)81(52-75)105-60-70-37-19-7-20-38-70/h3-55,90-92,94-96H,56-63H2,1-2H3/t90-,91-,92-,94-,95+,96?/m1/s1. The van der Waals surface area contributed by atoms with Crippen LogP contribution in [0.4, 0.5) is 0 Å². The highest BCUT2D eigenvalue weighted by molar-refractivity contribution is 8.01. The van der Waals surface area contributed by atoms with E-state index in [0.29, 0.717) is 78.2 Å². The molecule has 15 nitrogen and oxygen atoms in total. The third-order valence-electron chi connectivity index (χ3n) is 19.6. The molecule has 0 saturated carbocycles. The van der Waals surface area contributed by atoms with Gasteiger partial charge in [-0.2, -0.15) is 0 Å². The molecule has 0 saturated heterocycles. The SMILES string of the molecule is CC(=O)O[C@@H]1[C@@H](c2c(OCc3ccccc3)cc(OCc3ccccc3)c3c2O[C@H](c2ccc(OCc4ccccc4)c(OCc4ccccc4)c2)[C@H](OC(C)=O)C3Sc2nc3ccccc3s2)c2c(OCc3ccccc3)cc(OCc3ccccc3)cc2O[C@@H]1c1ccc(OCc2ccccc2)c(OCc2ccccc2)c1. The van der Waals surface area contributed by atoms with E-state index >= 15 is 0 Å². The molecule has 3 heterocycles. The molecule has 1 unspecified atom stereocenters. The number of thioether (sulfide) groups is 1. The number of thiazole rings is 1. The van der Waals surface area contributed by atoms with Crippen LogP contribution in [0.15, 0.2) is 326 Å². The van der Waals surface area contributed by atoms with Gasteiger partial charge in [0.25, 0.3) is 0 Å². The number of rotatable bonds is 31. The first-order valence-electron chi connectivity index (χ1n) is 37.8. The summed E-state index contributed by atoms with van der Waals surface area (Å²) in [6.07, 6.45) is -4.85. The molecule has 570 valence electrons. The summed E-state index contributed by atoms with van der Waals surface area (Å²) in [5.41, 5.74) is 10.5. The van der Waals surface area contributed by atoms with Crippen LogP contribution in [0.3, 0.4) is 0 Å². The number of para-hydroxylation sites is 1. The molecule has 2 aliphatic rings. The Hall–Kier alpha value is -13.0. The van der Waals surface area contributed by atoms with Gasteiger partial charge in [0.2, 0.25) is 0 Å². The molecule has 0 fully saturated rings. The zero-order chi connectivity index (χ0) is 77.4. The highest BCUT2D eigenvalue weighted by atomic mass is 32.2. The molecule has 14 aromatic rings. The maximum atomic E-state index is 14.9. The molecule has 17 heteroatoms. The Labute approximate surface area is 670 Å². The lowest BCUT2D eigenvalue weighted by Gasteiger charge is -2.44. The number of fused-ring (bicyclic) bond motifs is 3. The van der Waals surface area contributed by atoms with Gasteiger partial charge in [0, 0.05) is 54.3 Å². The highest BCUT2D eigenvalue weighted by Gasteiger charge is 2.52. The van der Waals surface area contributed by atoms with Gasteiger partial charge in [0.1, 0.15) is 87.4 Å². The molecule has 0 spiro atoms. The Kier molecular flexibility index (Phi) is 23.7. The minimum atomic E-state index is -1.33. The predicted molar refractivity (Wildman–Crippen MR) is 440 cm³/mol. The molecular weight excluding hydrogens is 1470 g/mol. The van der Waals surface area contributed by atoms with E-state index in [0.717, 1.165) is 54.7 Å². The molecule has 1 aromatic heterocycles. The number of hydrogen-bond acceptors (Lipinski definition) is 17. The molecular formula is C97H81NO14S2. The number of esters is 2. The minimum Gasteiger partial charge on any atom is -0.489 e. The van der Waals surface area contributed by atoms with Crippen LogP contribution in [0.25, 0.3) is 10.2 Å². The van der Waals surface area contributed by atoms with E-state index < -0.39 is 47.5 Å². The number of benzene rings is 13. The molecule has 0 bridgehead atoms.